The van der Waals surface area contributed by atoms with Crippen LogP contribution in [0.1, 0.15) is 65.4 Å². The minimum Gasteiger partial charge on any atom is -0.497 e. The van der Waals surface area contributed by atoms with E-state index in [1.54, 1.807) is 7.11 Å². The van der Waals surface area contributed by atoms with Gasteiger partial charge in [-0.05, 0) is 71.1 Å². The SMILES string of the molecule is COc1ccc(COC[C@@H]2CC(=O)O[C@]2(C)CC/C=C(\C)CCC=C(C)C)cc1. The van der Waals surface area contributed by atoms with Crippen molar-refractivity contribution in [2.75, 3.05) is 13.7 Å². The van der Waals surface area contributed by atoms with Crippen molar-refractivity contribution in [2.45, 2.75) is 72.0 Å². The summed E-state index contributed by atoms with van der Waals surface area (Å²) in [5, 5.41) is 0. The molecule has 2 rings (SSSR count). The highest BCUT2D eigenvalue weighted by Crippen LogP contribution is 2.37. The van der Waals surface area contributed by atoms with Crippen molar-refractivity contribution in [2.24, 2.45) is 5.92 Å². The van der Waals surface area contributed by atoms with E-state index in [1.807, 2.05) is 31.2 Å². The molecule has 29 heavy (non-hydrogen) atoms. The second-order valence-electron chi connectivity index (χ2n) is 8.46. The minimum atomic E-state index is -0.451. The van der Waals surface area contributed by atoms with Crippen LogP contribution < -0.4 is 4.74 Å². The molecule has 0 aromatic heterocycles. The summed E-state index contributed by atoms with van der Waals surface area (Å²) in [7, 11) is 1.66. The van der Waals surface area contributed by atoms with E-state index in [2.05, 4.69) is 32.9 Å². The molecule has 4 nitrogen and oxygen atoms in total. The van der Waals surface area contributed by atoms with Gasteiger partial charge in [0, 0.05) is 5.92 Å². The largest absolute Gasteiger partial charge is 0.497 e. The van der Waals surface area contributed by atoms with Crippen molar-refractivity contribution in [3.05, 3.63) is 53.1 Å². The molecule has 1 aliphatic rings. The van der Waals surface area contributed by atoms with Gasteiger partial charge in [0.1, 0.15) is 11.4 Å². The van der Waals surface area contributed by atoms with Crippen molar-refractivity contribution < 1.29 is 19.0 Å². The number of hydrogen-bond donors (Lipinski definition) is 0. The Labute approximate surface area is 175 Å². The van der Waals surface area contributed by atoms with Crippen molar-refractivity contribution in [1.29, 1.82) is 0 Å². The minimum absolute atomic E-state index is 0.0904. The van der Waals surface area contributed by atoms with Gasteiger partial charge < -0.3 is 14.2 Å². The molecule has 1 aliphatic heterocycles. The number of hydrogen-bond acceptors (Lipinski definition) is 4. The number of carbonyl (C=O) groups excluding carboxylic acids is 1. The topological polar surface area (TPSA) is 44.8 Å². The smallest absolute Gasteiger partial charge is 0.306 e. The van der Waals surface area contributed by atoms with E-state index in [9.17, 15) is 4.79 Å². The highest BCUT2D eigenvalue weighted by Gasteiger charge is 2.44. The fourth-order valence-corrected chi connectivity index (χ4v) is 3.63. The number of ether oxygens (including phenoxy) is 3. The lowest BCUT2D eigenvalue weighted by molar-refractivity contribution is -0.149. The van der Waals surface area contributed by atoms with Crippen LogP contribution in [-0.2, 0) is 20.9 Å². The van der Waals surface area contributed by atoms with Gasteiger partial charge in [-0.2, -0.15) is 0 Å². The van der Waals surface area contributed by atoms with Crippen LogP contribution in [0, 0.1) is 5.92 Å². The summed E-state index contributed by atoms with van der Waals surface area (Å²) in [5.74, 6) is 0.808. The molecule has 0 spiro atoms. The summed E-state index contributed by atoms with van der Waals surface area (Å²) in [4.78, 5) is 12.0. The number of methoxy groups -OCH3 is 1. The molecule has 4 heteroatoms. The van der Waals surface area contributed by atoms with E-state index >= 15 is 0 Å². The molecule has 1 heterocycles. The molecule has 0 amide bonds. The summed E-state index contributed by atoms with van der Waals surface area (Å²) in [5.41, 5.74) is 3.39. The fourth-order valence-electron chi connectivity index (χ4n) is 3.63. The van der Waals surface area contributed by atoms with E-state index in [-0.39, 0.29) is 11.9 Å². The van der Waals surface area contributed by atoms with Gasteiger partial charge in [-0.1, -0.05) is 35.4 Å². The molecule has 1 aromatic rings. The Morgan fingerprint density at radius 3 is 2.55 bits per heavy atom. The van der Waals surface area contributed by atoms with Crippen LogP contribution in [0.5, 0.6) is 5.75 Å². The number of benzene rings is 1. The van der Waals surface area contributed by atoms with Gasteiger partial charge in [-0.25, -0.2) is 0 Å². The lowest BCUT2D eigenvalue weighted by Crippen LogP contribution is -2.34. The highest BCUT2D eigenvalue weighted by atomic mass is 16.6. The Hall–Kier alpha value is -2.07. The summed E-state index contributed by atoms with van der Waals surface area (Å²) in [6, 6.07) is 7.85. The maximum atomic E-state index is 12.0. The van der Waals surface area contributed by atoms with Crippen molar-refractivity contribution in [3.63, 3.8) is 0 Å². The predicted octanol–water partition coefficient (Wildman–Crippen LogP) is 6.01. The molecule has 1 fully saturated rings. The summed E-state index contributed by atoms with van der Waals surface area (Å²) >= 11 is 0. The second kappa shape index (κ2) is 11.2. The molecule has 0 saturated carbocycles. The number of esters is 1. The quantitative estimate of drug-likeness (QED) is 0.337. The normalized spacial score (nSPS) is 21.8. The first-order chi connectivity index (χ1) is 13.8. The highest BCUT2D eigenvalue weighted by molar-refractivity contribution is 5.72. The van der Waals surface area contributed by atoms with Crippen molar-refractivity contribution in [1.82, 2.24) is 0 Å². The standard InChI is InChI=1S/C25H36O4/c1-19(2)8-6-9-20(3)10-7-15-25(4)22(16-24(26)29-25)18-28-17-21-11-13-23(27-5)14-12-21/h8,10-14,22H,6-7,9,15-18H2,1-5H3/b20-10+/t22-,25+/m0/s1. The Balaban J connectivity index is 1.82. The van der Waals surface area contributed by atoms with Crippen molar-refractivity contribution in [3.8, 4) is 5.75 Å². The molecule has 0 aliphatic carbocycles. The zero-order valence-corrected chi connectivity index (χ0v) is 18.6. The molecule has 0 N–H and O–H groups in total. The maximum Gasteiger partial charge on any atom is 0.306 e. The third-order valence-electron chi connectivity index (χ3n) is 5.60. The second-order valence-corrected chi connectivity index (χ2v) is 8.46. The number of cyclic esters (lactones) is 1. The molecule has 160 valence electrons. The number of allylic oxidation sites excluding steroid dienone is 4. The zero-order valence-electron chi connectivity index (χ0n) is 18.6. The molecule has 0 unspecified atom stereocenters. The molecule has 0 bridgehead atoms. The van der Waals surface area contributed by atoms with Gasteiger partial charge in [-0.15, -0.1) is 0 Å². The average molecular weight is 401 g/mol. The summed E-state index contributed by atoms with van der Waals surface area (Å²) in [6.45, 7) is 9.53. The Morgan fingerprint density at radius 2 is 1.90 bits per heavy atom. The van der Waals surface area contributed by atoms with Crippen LogP contribution in [0.4, 0.5) is 0 Å². The van der Waals surface area contributed by atoms with Gasteiger partial charge in [0.2, 0.25) is 0 Å². The van der Waals surface area contributed by atoms with Crippen LogP contribution in [0.3, 0.4) is 0 Å². The van der Waals surface area contributed by atoms with E-state index in [0.717, 1.165) is 37.0 Å². The third kappa shape index (κ3) is 7.69. The predicted molar refractivity (Wildman–Crippen MR) is 117 cm³/mol. The fraction of sp³-hybridized carbons (Fsp3) is 0.560. The third-order valence-corrected chi connectivity index (χ3v) is 5.60. The number of rotatable bonds is 11. The molecular weight excluding hydrogens is 364 g/mol. The molecular formula is C25H36O4. The van der Waals surface area contributed by atoms with Gasteiger partial charge in [0.05, 0.1) is 26.7 Å². The van der Waals surface area contributed by atoms with E-state index in [0.29, 0.717) is 19.6 Å². The Kier molecular flexibility index (Phi) is 8.97. The van der Waals surface area contributed by atoms with Crippen molar-refractivity contribution >= 4 is 5.97 Å². The first-order valence-corrected chi connectivity index (χ1v) is 10.5. The first-order valence-electron chi connectivity index (χ1n) is 10.5. The van der Waals surface area contributed by atoms with E-state index in [1.165, 1.54) is 11.1 Å². The van der Waals surface area contributed by atoms with Gasteiger partial charge in [0.25, 0.3) is 0 Å². The monoisotopic (exact) mass is 400 g/mol. The van der Waals surface area contributed by atoms with Crippen LogP contribution in [0.15, 0.2) is 47.6 Å². The average Bonchev–Trinajstić information content (AvgIpc) is 2.95. The Morgan fingerprint density at radius 1 is 1.17 bits per heavy atom. The van der Waals surface area contributed by atoms with Gasteiger partial charge in [0.15, 0.2) is 0 Å². The van der Waals surface area contributed by atoms with E-state index in [4.69, 9.17) is 14.2 Å². The number of carbonyl (C=O) groups is 1. The van der Waals surface area contributed by atoms with Crippen LogP contribution in [-0.4, -0.2) is 25.3 Å². The molecule has 1 saturated heterocycles. The van der Waals surface area contributed by atoms with E-state index < -0.39 is 5.60 Å². The van der Waals surface area contributed by atoms with Crippen LogP contribution >= 0.6 is 0 Å². The first kappa shape index (κ1) is 23.2. The molecule has 1 aromatic carbocycles. The molecule has 0 radical (unpaired) electrons. The molecule has 2 atom stereocenters. The summed E-state index contributed by atoms with van der Waals surface area (Å²) in [6.07, 6.45) is 8.89. The van der Waals surface area contributed by atoms with Gasteiger partial charge in [-0.3, -0.25) is 4.79 Å². The zero-order chi connectivity index (χ0) is 21.3. The Bertz CT molecular complexity index is 713. The maximum absolute atomic E-state index is 12.0. The van der Waals surface area contributed by atoms with Gasteiger partial charge >= 0.3 is 5.97 Å². The summed E-state index contributed by atoms with van der Waals surface area (Å²) < 4.78 is 16.8. The van der Waals surface area contributed by atoms with Crippen LogP contribution in [0.2, 0.25) is 0 Å². The lowest BCUT2D eigenvalue weighted by Gasteiger charge is -2.29. The lowest BCUT2D eigenvalue weighted by atomic mass is 9.85. The van der Waals surface area contributed by atoms with Crippen LogP contribution in [0.25, 0.3) is 0 Å².